The molecule has 0 spiro atoms. The third-order valence-corrected chi connectivity index (χ3v) is 5.69. The lowest BCUT2D eigenvalue weighted by atomic mass is 9.79. The minimum absolute atomic E-state index is 0.0120. The van der Waals surface area contributed by atoms with Gasteiger partial charge in [-0.2, -0.15) is 0 Å². The van der Waals surface area contributed by atoms with Crippen molar-refractivity contribution < 1.29 is 19.4 Å². The van der Waals surface area contributed by atoms with Crippen molar-refractivity contribution in [2.24, 2.45) is 0 Å². The summed E-state index contributed by atoms with van der Waals surface area (Å²) in [6, 6.07) is 19.0. The maximum absolute atomic E-state index is 12.8. The fourth-order valence-corrected chi connectivity index (χ4v) is 4.30. The van der Waals surface area contributed by atoms with E-state index >= 15 is 0 Å². The fraction of sp³-hybridized carbons (Fsp3) is 0.280. The second kappa shape index (κ2) is 8.78. The Morgan fingerprint density at radius 3 is 2.42 bits per heavy atom. The summed E-state index contributed by atoms with van der Waals surface area (Å²) in [5, 5.41) is 16.4. The van der Waals surface area contributed by atoms with Crippen molar-refractivity contribution in [3.05, 3.63) is 89.5 Å². The van der Waals surface area contributed by atoms with E-state index < -0.39 is 23.7 Å². The van der Waals surface area contributed by atoms with Crippen LogP contribution >= 0.6 is 0 Å². The number of carboxylic acids is 1. The van der Waals surface area contributed by atoms with Crippen LogP contribution in [0.25, 0.3) is 0 Å². The standard InChI is InChI=1S/C25H26N2O4/c1-2-15-26-23(28)21-19-13-14-25(31-19,22(21)24(29)30)20(16-17-9-5-3-6-10-17)27-18-11-7-4-8-12-18/h3-14,19-20,27H,2,15-16H2,1H3,(H,26,28)(H,29,30). The number of hydrogen-bond acceptors (Lipinski definition) is 4. The molecule has 2 aliphatic rings. The Morgan fingerprint density at radius 1 is 1.10 bits per heavy atom. The smallest absolute Gasteiger partial charge is 0.335 e. The van der Waals surface area contributed by atoms with E-state index in [1.165, 1.54) is 0 Å². The molecule has 0 radical (unpaired) electrons. The van der Waals surface area contributed by atoms with Gasteiger partial charge in [-0.25, -0.2) is 4.79 Å². The lowest BCUT2D eigenvalue weighted by Crippen LogP contribution is -2.49. The number of hydrogen-bond donors (Lipinski definition) is 3. The van der Waals surface area contributed by atoms with Gasteiger partial charge >= 0.3 is 5.97 Å². The molecule has 6 heteroatoms. The van der Waals surface area contributed by atoms with Crippen molar-refractivity contribution in [1.29, 1.82) is 0 Å². The molecule has 3 unspecified atom stereocenters. The first-order valence-corrected chi connectivity index (χ1v) is 10.5. The van der Waals surface area contributed by atoms with Crippen LogP contribution in [0.1, 0.15) is 18.9 Å². The Kier molecular flexibility index (Phi) is 5.91. The number of ether oxygens (including phenoxy) is 1. The van der Waals surface area contributed by atoms with Gasteiger partial charge in [-0.15, -0.1) is 0 Å². The molecule has 4 rings (SSSR count). The van der Waals surface area contributed by atoms with Crippen molar-refractivity contribution in [1.82, 2.24) is 5.32 Å². The quantitative estimate of drug-likeness (QED) is 0.544. The molecule has 0 saturated carbocycles. The summed E-state index contributed by atoms with van der Waals surface area (Å²) >= 11 is 0. The van der Waals surface area contributed by atoms with E-state index in [4.69, 9.17) is 4.74 Å². The molecular formula is C25H26N2O4. The molecule has 0 fully saturated rings. The average Bonchev–Trinajstić information content (AvgIpc) is 3.36. The first-order chi connectivity index (χ1) is 15.0. The number of benzene rings is 2. The molecule has 31 heavy (non-hydrogen) atoms. The van der Waals surface area contributed by atoms with Gasteiger partial charge < -0.3 is 20.5 Å². The van der Waals surface area contributed by atoms with E-state index in [-0.39, 0.29) is 17.1 Å². The zero-order valence-corrected chi connectivity index (χ0v) is 17.4. The number of carbonyl (C=O) groups is 2. The van der Waals surface area contributed by atoms with Gasteiger partial charge in [-0.1, -0.05) is 61.5 Å². The van der Waals surface area contributed by atoms with Gasteiger partial charge in [0, 0.05) is 12.2 Å². The minimum Gasteiger partial charge on any atom is -0.478 e. The van der Waals surface area contributed by atoms with Gasteiger partial charge in [0.05, 0.1) is 17.2 Å². The molecule has 2 aromatic carbocycles. The Balaban J connectivity index is 1.76. The molecule has 2 bridgehead atoms. The van der Waals surface area contributed by atoms with Crippen LogP contribution in [0.5, 0.6) is 0 Å². The summed E-state index contributed by atoms with van der Waals surface area (Å²) in [6.07, 6.45) is 4.20. The number of fused-ring (bicyclic) bond motifs is 2. The van der Waals surface area contributed by atoms with Crippen molar-refractivity contribution >= 4 is 17.6 Å². The predicted octanol–water partition coefficient (Wildman–Crippen LogP) is 3.32. The Hall–Kier alpha value is -3.38. The van der Waals surface area contributed by atoms with Crippen LogP contribution in [-0.4, -0.2) is 41.3 Å². The summed E-state index contributed by atoms with van der Waals surface area (Å²) in [6.45, 7) is 2.43. The summed E-state index contributed by atoms with van der Waals surface area (Å²) in [4.78, 5) is 25.2. The molecule has 2 aliphatic heterocycles. The maximum Gasteiger partial charge on any atom is 0.335 e. The number of aliphatic carboxylic acids is 1. The molecule has 1 amide bonds. The Bertz CT molecular complexity index is 975. The molecule has 2 heterocycles. The summed E-state index contributed by atoms with van der Waals surface area (Å²) in [5.74, 6) is -1.52. The Morgan fingerprint density at radius 2 is 1.77 bits per heavy atom. The van der Waals surface area contributed by atoms with Crippen molar-refractivity contribution in [2.45, 2.75) is 37.5 Å². The van der Waals surface area contributed by atoms with Crippen LogP contribution in [0.4, 0.5) is 5.69 Å². The molecular weight excluding hydrogens is 392 g/mol. The number of amides is 1. The number of carboxylic acid groups (broad SMARTS) is 1. The van der Waals surface area contributed by atoms with Crippen molar-refractivity contribution in [2.75, 3.05) is 11.9 Å². The lowest BCUT2D eigenvalue weighted by Gasteiger charge is -2.35. The number of rotatable bonds is 9. The van der Waals surface area contributed by atoms with Gasteiger partial charge in [0.25, 0.3) is 5.91 Å². The Labute approximate surface area is 181 Å². The second-order valence-electron chi connectivity index (χ2n) is 7.79. The SMILES string of the molecule is CCCNC(=O)C1=C(C(=O)O)C2(C(Cc3ccccc3)Nc3ccccc3)C=CC1O2. The molecule has 160 valence electrons. The number of anilines is 1. The minimum atomic E-state index is -1.25. The topological polar surface area (TPSA) is 87.7 Å². The highest BCUT2D eigenvalue weighted by atomic mass is 16.5. The summed E-state index contributed by atoms with van der Waals surface area (Å²) in [7, 11) is 0. The van der Waals surface area contributed by atoms with Gasteiger partial charge in [0.1, 0.15) is 11.7 Å². The van der Waals surface area contributed by atoms with E-state index in [1.54, 1.807) is 12.2 Å². The molecule has 6 nitrogen and oxygen atoms in total. The highest BCUT2D eigenvalue weighted by Crippen LogP contribution is 2.47. The van der Waals surface area contributed by atoms with E-state index in [0.717, 1.165) is 17.7 Å². The monoisotopic (exact) mass is 418 g/mol. The van der Waals surface area contributed by atoms with Crippen LogP contribution in [0.3, 0.4) is 0 Å². The highest BCUT2D eigenvalue weighted by molar-refractivity contribution is 6.06. The largest absolute Gasteiger partial charge is 0.478 e. The zero-order valence-electron chi connectivity index (χ0n) is 17.4. The normalized spacial score (nSPS) is 22.4. The molecule has 0 aliphatic carbocycles. The van der Waals surface area contributed by atoms with E-state index in [1.807, 2.05) is 67.6 Å². The van der Waals surface area contributed by atoms with Gasteiger partial charge in [-0.05, 0) is 36.6 Å². The van der Waals surface area contributed by atoms with Crippen molar-refractivity contribution in [3.63, 3.8) is 0 Å². The molecule has 0 aromatic heterocycles. The second-order valence-corrected chi connectivity index (χ2v) is 7.79. The molecule has 3 N–H and O–H groups in total. The fourth-order valence-electron chi connectivity index (χ4n) is 4.30. The lowest BCUT2D eigenvalue weighted by molar-refractivity contribution is -0.134. The summed E-state index contributed by atoms with van der Waals surface area (Å²) in [5.41, 5.74) is 0.849. The number of carbonyl (C=O) groups excluding carboxylic acids is 1. The van der Waals surface area contributed by atoms with Gasteiger partial charge in [0.2, 0.25) is 0 Å². The first kappa shape index (κ1) is 20.9. The highest BCUT2D eigenvalue weighted by Gasteiger charge is 2.57. The average molecular weight is 418 g/mol. The van der Waals surface area contributed by atoms with Crippen molar-refractivity contribution in [3.8, 4) is 0 Å². The predicted molar refractivity (Wildman–Crippen MR) is 119 cm³/mol. The van der Waals surface area contributed by atoms with Crippen LogP contribution in [0.15, 0.2) is 84.0 Å². The van der Waals surface area contributed by atoms with E-state index in [2.05, 4.69) is 10.6 Å². The van der Waals surface area contributed by atoms with Gasteiger partial charge in [-0.3, -0.25) is 4.79 Å². The van der Waals surface area contributed by atoms with Crippen LogP contribution in [0, 0.1) is 0 Å². The molecule has 0 saturated heterocycles. The van der Waals surface area contributed by atoms with Gasteiger partial charge in [0.15, 0.2) is 0 Å². The maximum atomic E-state index is 12.8. The number of nitrogens with one attached hydrogen (secondary N) is 2. The van der Waals surface area contributed by atoms with E-state index in [9.17, 15) is 14.7 Å². The third kappa shape index (κ3) is 3.99. The third-order valence-electron chi connectivity index (χ3n) is 5.69. The summed E-state index contributed by atoms with van der Waals surface area (Å²) < 4.78 is 6.26. The number of para-hydroxylation sites is 1. The molecule has 2 aromatic rings. The van der Waals surface area contributed by atoms with Crippen LogP contribution < -0.4 is 10.6 Å². The first-order valence-electron chi connectivity index (χ1n) is 10.5. The van der Waals surface area contributed by atoms with Crippen LogP contribution in [-0.2, 0) is 20.7 Å². The zero-order chi connectivity index (χ0) is 21.8. The molecule has 3 atom stereocenters. The van der Waals surface area contributed by atoms with E-state index in [0.29, 0.717) is 13.0 Å². The van der Waals surface area contributed by atoms with Crippen LogP contribution in [0.2, 0.25) is 0 Å².